The fourth-order valence-electron chi connectivity index (χ4n) is 3.46. The van der Waals surface area contributed by atoms with Gasteiger partial charge in [0.15, 0.2) is 0 Å². The van der Waals surface area contributed by atoms with Gasteiger partial charge in [-0.15, -0.1) is 0 Å². The smallest absolute Gasteiger partial charge is 0.147 e. The third-order valence-electron chi connectivity index (χ3n) is 4.78. The van der Waals surface area contributed by atoms with Crippen molar-refractivity contribution in [3.63, 3.8) is 0 Å². The number of rotatable bonds is 4. The Labute approximate surface area is 148 Å². The second-order valence-electron chi connectivity index (χ2n) is 6.61. The molecule has 0 aliphatic carbocycles. The first-order valence-corrected chi connectivity index (χ1v) is 8.93. The first kappa shape index (κ1) is 16.0. The van der Waals surface area contributed by atoms with Gasteiger partial charge in [0.05, 0.1) is 23.8 Å². The van der Waals surface area contributed by atoms with Crippen LogP contribution < -0.4 is 4.90 Å². The molecule has 1 saturated heterocycles. The minimum Gasteiger partial charge on any atom is -0.380 e. The molecule has 2 heterocycles. The molecule has 4 heteroatoms. The van der Waals surface area contributed by atoms with E-state index >= 15 is 0 Å². The molecule has 0 bridgehead atoms. The molecule has 2 aromatic carbocycles. The second-order valence-corrected chi connectivity index (χ2v) is 6.61. The van der Waals surface area contributed by atoms with Gasteiger partial charge in [0, 0.05) is 20.2 Å². The molecule has 0 N–H and O–H groups in total. The Balaban J connectivity index is 1.69. The minimum atomic E-state index is 0.625. The van der Waals surface area contributed by atoms with Gasteiger partial charge < -0.3 is 9.64 Å². The van der Waals surface area contributed by atoms with Crippen LogP contribution in [0.2, 0.25) is 0 Å². The quantitative estimate of drug-likeness (QED) is 0.708. The normalized spacial score (nSPS) is 14.8. The molecule has 1 aromatic heterocycles. The zero-order valence-electron chi connectivity index (χ0n) is 14.6. The number of piperidine rings is 1. The van der Waals surface area contributed by atoms with E-state index in [4.69, 9.17) is 9.72 Å². The molecule has 3 aromatic rings. The van der Waals surface area contributed by atoms with Crippen molar-refractivity contribution >= 4 is 16.9 Å². The number of aromatic nitrogens is 2. The predicted molar refractivity (Wildman–Crippen MR) is 102 cm³/mol. The Morgan fingerprint density at radius 3 is 2.64 bits per heavy atom. The topological polar surface area (TPSA) is 38.2 Å². The van der Waals surface area contributed by atoms with E-state index in [1.54, 1.807) is 7.11 Å². The molecule has 25 heavy (non-hydrogen) atoms. The number of nitrogens with zero attached hydrogens (tertiary/aromatic N) is 3. The molecule has 1 aliphatic heterocycles. The van der Waals surface area contributed by atoms with Crippen molar-refractivity contribution in [1.82, 2.24) is 9.97 Å². The van der Waals surface area contributed by atoms with E-state index in [9.17, 15) is 0 Å². The van der Waals surface area contributed by atoms with Gasteiger partial charge in [-0.25, -0.2) is 4.98 Å². The number of methoxy groups -OCH3 is 1. The number of hydrogen-bond acceptors (Lipinski definition) is 4. The first-order valence-electron chi connectivity index (χ1n) is 8.93. The average molecular weight is 333 g/mol. The van der Waals surface area contributed by atoms with Crippen molar-refractivity contribution in [2.24, 2.45) is 0 Å². The molecule has 0 radical (unpaired) electrons. The highest BCUT2D eigenvalue weighted by Gasteiger charge is 2.13. The third kappa shape index (κ3) is 3.49. The summed E-state index contributed by atoms with van der Waals surface area (Å²) >= 11 is 0. The van der Waals surface area contributed by atoms with Gasteiger partial charge in [-0.05, 0) is 54.2 Å². The Morgan fingerprint density at radius 2 is 1.80 bits per heavy atom. The summed E-state index contributed by atoms with van der Waals surface area (Å²) in [5.41, 5.74) is 5.42. The highest BCUT2D eigenvalue weighted by Crippen LogP contribution is 2.26. The number of benzene rings is 2. The van der Waals surface area contributed by atoms with E-state index in [-0.39, 0.29) is 0 Å². The van der Waals surface area contributed by atoms with Crippen LogP contribution in [-0.4, -0.2) is 30.2 Å². The Hall–Kier alpha value is -2.46. The number of hydrogen-bond donors (Lipinski definition) is 0. The van der Waals surface area contributed by atoms with Crippen molar-refractivity contribution in [3.8, 4) is 11.1 Å². The fraction of sp³-hybridized carbons (Fsp3) is 0.333. The molecule has 1 aliphatic rings. The molecule has 4 nitrogen and oxygen atoms in total. The summed E-state index contributed by atoms with van der Waals surface area (Å²) in [6.07, 6.45) is 5.71. The molecular formula is C21H23N3O. The molecule has 128 valence electrons. The Kier molecular flexibility index (Phi) is 4.61. The van der Waals surface area contributed by atoms with E-state index in [1.807, 2.05) is 6.20 Å². The van der Waals surface area contributed by atoms with E-state index in [0.717, 1.165) is 35.5 Å². The standard InChI is InChI=1S/C21H23N3O/c1-25-15-16-6-5-7-17(12-16)18-8-9-19-20(13-18)23-21(14-22-19)24-10-3-2-4-11-24/h5-9,12-14H,2-4,10-11,15H2,1H3. The van der Waals surface area contributed by atoms with Gasteiger partial charge in [0.2, 0.25) is 0 Å². The lowest BCUT2D eigenvalue weighted by atomic mass is 10.0. The van der Waals surface area contributed by atoms with Crippen LogP contribution in [0, 0.1) is 0 Å². The van der Waals surface area contributed by atoms with E-state index in [2.05, 4.69) is 52.3 Å². The van der Waals surface area contributed by atoms with Crippen molar-refractivity contribution in [2.45, 2.75) is 25.9 Å². The van der Waals surface area contributed by atoms with Gasteiger partial charge in [0.25, 0.3) is 0 Å². The first-order chi connectivity index (χ1) is 12.3. The van der Waals surface area contributed by atoms with Gasteiger partial charge in [-0.2, -0.15) is 0 Å². The van der Waals surface area contributed by atoms with Crippen LogP contribution in [-0.2, 0) is 11.3 Å². The van der Waals surface area contributed by atoms with Crippen molar-refractivity contribution in [2.75, 3.05) is 25.1 Å². The number of fused-ring (bicyclic) bond motifs is 1. The summed E-state index contributed by atoms with van der Waals surface area (Å²) in [5.74, 6) is 0.998. The largest absolute Gasteiger partial charge is 0.380 e. The molecule has 1 fully saturated rings. The summed E-state index contributed by atoms with van der Waals surface area (Å²) < 4.78 is 5.24. The summed E-state index contributed by atoms with van der Waals surface area (Å²) in [5, 5.41) is 0. The maximum absolute atomic E-state index is 5.24. The highest BCUT2D eigenvalue weighted by atomic mass is 16.5. The minimum absolute atomic E-state index is 0.625. The molecule has 0 amide bonds. The maximum Gasteiger partial charge on any atom is 0.147 e. The fourth-order valence-corrected chi connectivity index (χ4v) is 3.46. The monoisotopic (exact) mass is 333 g/mol. The van der Waals surface area contributed by atoms with Gasteiger partial charge in [-0.1, -0.05) is 24.3 Å². The Bertz CT molecular complexity index is 872. The molecule has 0 atom stereocenters. The van der Waals surface area contributed by atoms with Crippen LogP contribution in [0.15, 0.2) is 48.7 Å². The van der Waals surface area contributed by atoms with E-state index in [1.165, 1.54) is 30.4 Å². The van der Waals surface area contributed by atoms with Crippen molar-refractivity contribution in [1.29, 1.82) is 0 Å². The molecule has 0 spiro atoms. The maximum atomic E-state index is 5.24. The second kappa shape index (κ2) is 7.19. The van der Waals surface area contributed by atoms with Gasteiger partial charge in [-0.3, -0.25) is 4.98 Å². The van der Waals surface area contributed by atoms with Crippen LogP contribution in [0.25, 0.3) is 22.2 Å². The van der Waals surface area contributed by atoms with Gasteiger partial charge >= 0.3 is 0 Å². The lowest BCUT2D eigenvalue weighted by Gasteiger charge is -2.27. The lowest BCUT2D eigenvalue weighted by molar-refractivity contribution is 0.185. The Morgan fingerprint density at radius 1 is 0.960 bits per heavy atom. The highest BCUT2D eigenvalue weighted by molar-refractivity contribution is 5.82. The van der Waals surface area contributed by atoms with Crippen LogP contribution in [0.1, 0.15) is 24.8 Å². The van der Waals surface area contributed by atoms with Crippen LogP contribution in [0.4, 0.5) is 5.82 Å². The summed E-state index contributed by atoms with van der Waals surface area (Å²) in [7, 11) is 1.72. The third-order valence-corrected chi connectivity index (χ3v) is 4.78. The lowest BCUT2D eigenvalue weighted by Crippen LogP contribution is -2.30. The van der Waals surface area contributed by atoms with Crippen molar-refractivity contribution in [3.05, 3.63) is 54.2 Å². The number of anilines is 1. The zero-order valence-corrected chi connectivity index (χ0v) is 14.6. The molecular weight excluding hydrogens is 310 g/mol. The van der Waals surface area contributed by atoms with Crippen molar-refractivity contribution < 1.29 is 4.74 Å². The van der Waals surface area contributed by atoms with E-state index < -0.39 is 0 Å². The molecule has 4 rings (SSSR count). The molecule has 0 saturated carbocycles. The number of ether oxygens (including phenoxy) is 1. The van der Waals surface area contributed by atoms with Crippen LogP contribution in [0.3, 0.4) is 0 Å². The summed E-state index contributed by atoms with van der Waals surface area (Å²) in [4.78, 5) is 11.8. The van der Waals surface area contributed by atoms with Gasteiger partial charge in [0.1, 0.15) is 5.82 Å². The summed E-state index contributed by atoms with van der Waals surface area (Å²) in [6.45, 7) is 2.79. The van der Waals surface area contributed by atoms with E-state index in [0.29, 0.717) is 6.61 Å². The van der Waals surface area contributed by atoms with Crippen LogP contribution in [0.5, 0.6) is 0 Å². The summed E-state index contributed by atoms with van der Waals surface area (Å²) in [6, 6.07) is 14.8. The SMILES string of the molecule is COCc1cccc(-c2ccc3ncc(N4CCCCC4)nc3c2)c1. The molecule has 0 unspecified atom stereocenters. The van der Waals surface area contributed by atoms with Crippen LogP contribution >= 0.6 is 0 Å². The average Bonchev–Trinajstić information content (AvgIpc) is 2.68. The predicted octanol–water partition coefficient (Wildman–Crippen LogP) is 4.43. The zero-order chi connectivity index (χ0) is 17.1.